The Labute approximate surface area is 103 Å². The maximum atomic E-state index is 5.78. The van der Waals surface area contributed by atoms with Gasteiger partial charge in [-0.1, -0.05) is 12.2 Å². The molecule has 2 aromatic carbocycles. The van der Waals surface area contributed by atoms with Crippen LogP contribution in [-0.2, 0) is 0 Å². The van der Waals surface area contributed by atoms with Gasteiger partial charge in [0.1, 0.15) is 0 Å². The summed E-state index contributed by atoms with van der Waals surface area (Å²) in [5, 5.41) is 1.91. The maximum absolute atomic E-state index is 5.78. The molecular formula is C13H11N3S. The molecule has 3 aromatic rings. The first kappa shape index (κ1) is 10.1. The van der Waals surface area contributed by atoms with E-state index in [1.54, 1.807) is 0 Å². The number of H-pyrrole nitrogens is 1. The summed E-state index contributed by atoms with van der Waals surface area (Å²) in [5.74, 6) is 0. The molecule has 0 unspecified atom stereocenters. The van der Waals surface area contributed by atoms with Gasteiger partial charge in [0, 0.05) is 33.2 Å². The van der Waals surface area contributed by atoms with Gasteiger partial charge in [-0.05, 0) is 36.4 Å². The second-order valence-corrected chi connectivity index (χ2v) is 4.47. The monoisotopic (exact) mass is 241 g/mol. The van der Waals surface area contributed by atoms with Crippen LogP contribution in [0.4, 0.5) is 11.4 Å². The lowest BCUT2D eigenvalue weighted by Crippen LogP contribution is -1.90. The molecular weight excluding hydrogens is 230 g/mol. The van der Waals surface area contributed by atoms with Crippen molar-refractivity contribution in [2.75, 3.05) is 11.5 Å². The molecule has 0 saturated carbocycles. The van der Waals surface area contributed by atoms with Crippen molar-refractivity contribution < 1.29 is 0 Å². The fraction of sp³-hybridized carbons (Fsp3) is 0. The van der Waals surface area contributed by atoms with Crippen LogP contribution < -0.4 is 11.5 Å². The number of hydrogen-bond acceptors (Lipinski definition) is 3. The lowest BCUT2D eigenvalue weighted by molar-refractivity contribution is 1.49. The summed E-state index contributed by atoms with van der Waals surface area (Å²) in [4.78, 5) is 3.33. The minimum Gasteiger partial charge on any atom is -0.399 e. The number of benzene rings is 2. The lowest BCUT2D eigenvalue weighted by Gasteiger charge is -2.05. The van der Waals surface area contributed by atoms with Crippen molar-refractivity contribution in [3.8, 4) is 0 Å². The third kappa shape index (κ3) is 1.54. The largest absolute Gasteiger partial charge is 0.399 e. The Morgan fingerprint density at radius 2 is 1.29 bits per heavy atom. The van der Waals surface area contributed by atoms with Crippen molar-refractivity contribution >= 4 is 45.4 Å². The minimum absolute atomic E-state index is 0.709. The van der Waals surface area contributed by atoms with Gasteiger partial charge in [0.25, 0.3) is 0 Å². The summed E-state index contributed by atoms with van der Waals surface area (Å²) in [6.45, 7) is 0. The number of nitrogens with one attached hydrogen (secondary N) is 1. The van der Waals surface area contributed by atoms with E-state index >= 15 is 0 Å². The van der Waals surface area contributed by atoms with Crippen LogP contribution in [-0.4, -0.2) is 4.98 Å². The molecule has 0 bridgehead atoms. The van der Waals surface area contributed by atoms with Crippen molar-refractivity contribution in [1.29, 1.82) is 0 Å². The van der Waals surface area contributed by atoms with Crippen LogP contribution in [0.2, 0.25) is 0 Å². The van der Waals surface area contributed by atoms with Gasteiger partial charge in [0.15, 0.2) is 0 Å². The average Bonchev–Trinajstić information content (AvgIpc) is 2.32. The van der Waals surface area contributed by atoms with Gasteiger partial charge in [-0.2, -0.15) is 0 Å². The van der Waals surface area contributed by atoms with Crippen molar-refractivity contribution in [3.63, 3.8) is 0 Å². The molecule has 0 radical (unpaired) electrons. The molecule has 3 nitrogen and oxygen atoms in total. The predicted octanol–water partition coefficient (Wildman–Crippen LogP) is 3.21. The van der Waals surface area contributed by atoms with Gasteiger partial charge in [0.2, 0.25) is 0 Å². The van der Waals surface area contributed by atoms with Crippen LogP contribution in [0.3, 0.4) is 0 Å². The number of aromatic nitrogens is 1. The van der Waals surface area contributed by atoms with Gasteiger partial charge in [0.05, 0.1) is 4.51 Å². The minimum atomic E-state index is 0.709. The van der Waals surface area contributed by atoms with Crippen LogP contribution in [0, 0.1) is 4.51 Å². The number of fused-ring (bicyclic) bond motifs is 2. The second-order valence-electron chi connectivity index (χ2n) is 4.06. The maximum Gasteiger partial charge on any atom is 0.0565 e. The molecule has 4 heteroatoms. The predicted molar refractivity (Wildman–Crippen MR) is 75.5 cm³/mol. The van der Waals surface area contributed by atoms with Crippen molar-refractivity contribution in [2.45, 2.75) is 0 Å². The molecule has 0 aliphatic heterocycles. The van der Waals surface area contributed by atoms with Crippen LogP contribution in [0.15, 0.2) is 36.4 Å². The molecule has 3 rings (SSSR count). The number of pyridine rings is 1. The summed E-state index contributed by atoms with van der Waals surface area (Å²) in [7, 11) is 0. The van der Waals surface area contributed by atoms with Crippen LogP contribution in [0.1, 0.15) is 0 Å². The Morgan fingerprint density at radius 3 is 1.76 bits per heavy atom. The fourth-order valence-corrected chi connectivity index (χ4v) is 2.35. The van der Waals surface area contributed by atoms with E-state index in [0.29, 0.717) is 11.4 Å². The quantitative estimate of drug-likeness (QED) is 0.321. The van der Waals surface area contributed by atoms with Crippen LogP contribution in [0.5, 0.6) is 0 Å². The molecule has 0 saturated heterocycles. The average molecular weight is 241 g/mol. The van der Waals surface area contributed by atoms with E-state index in [4.69, 9.17) is 23.7 Å². The number of nitrogens with two attached hydrogens (primary N) is 2. The van der Waals surface area contributed by atoms with Gasteiger partial charge in [-0.3, -0.25) is 0 Å². The van der Waals surface area contributed by atoms with Crippen LogP contribution in [0.25, 0.3) is 21.8 Å². The van der Waals surface area contributed by atoms with E-state index < -0.39 is 0 Å². The molecule has 0 fully saturated rings. The molecule has 5 N–H and O–H groups in total. The topological polar surface area (TPSA) is 67.8 Å². The molecule has 0 spiro atoms. The zero-order valence-corrected chi connectivity index (χ0v) is 9.84. The molecule has 17 heavy (non-hydrogen) atoms. The van der Waals surface area contributed by atoms with Crippen molar-refractivity contribution in [3.05, 3.63) is 40.9 Å². The first-order valence-corrected chi connectivity index (χ1v) is 5.67. The van der Waals surface area contributed by atoms with Gasteiger partial charge < -0.3 is 16.5 Å². The Hall–Kier alpha value is -2.07. The first-order chi connectivity index (χ1) is 8.15. The SMILES string of the molecule is Nc1ccc2[nH]c3ccc(N)cc3c(=S)c2c1. The molecule has 84 valence electrons. The Morgan fingerprint density at radius 1 is 0.824 bits per heavy atom. The highest BCUT2D eigenvalue weighted by Crippen LogP contribution is 2.25. The number of hydrogen-bond donors (Lipinski definition) is 3. The van der Waals surface area contributed by atoms with Gasteiger partial charge in [-0.15, -0.1) is 0 Å². The molecule has 1 heterocycles. The lowest BCUT2D eigenvalue weighted by atomic mass is 10.1. The van der Waals surface area contributed by atoms with E-state index in [1.807, 2.05) is 36.4 Å². The van der Waals surface area contributed by atoms with E-state index in [0.717, 1.165) is 26.3 Å². The molecule has 0 amide bonds. The van der Waals surface area contributed by atoms with E-state index in [9.17, 15) is 0 Å². The van der Waals surface area contributed by atoms with E-state index in [-0.39, 0.29) is 0 Å². The fourth-order valence-electron chi connectivity index (χ4n) is 2.01. The Bertz CT molecular complexity index is 727. The summed E-state index contributed by atoms with van der Waals surface area (Å²) in [5.41, 5.74) is 15.0. The zero-order chi connectivity index (χ0) is 12.0. The van der Waals surface area contributed by atoms with Gasteiger partial charge in [-0.25, -0.2) is 0 Å². The standard InChI is InChI=1S/C13H11N3S/c14-7-1-3-11-9(5-7)13(17)10-6-8(15)2-4-12(10)16-11/h1-6H,14-15H2,(H,16,17). The molecule has 1 aromatic heterocycles. The van der Waals surface area contributed by atoms with Crippen molar-refractivity contribution in [1.82, 2.24) is 4.98 Å². The molecule has 0 aliphatic carbocycles. The number of anilines is 2. The van der Waals surface area contributed by atoms with E-state index in [1.165, 1.54) is 0 Å². The number of nitrogen functional groups attached to an aromatic ring is 2. The summed E-state index contributed by atoms with van der Waals surface area (Å²) in [6, 6.07) is 11.4. The van der Waals surface area contributed by atoms with Gasteiger partial charge >= 0.3 is 0 Å². The second kappa shape index (κ2) is 3.46. The summed E-state index contributed by atoms with van der Waals surface area (Å²) >= 11 is 5.48. The Kier molecular flexibility index (Phi) is 2.06. The normalized spacial score (nSPS) is 11.1. The van der Waals surface area contributed by atoms with Crippen molar-refractivity contribution in [2.24, 2.45) is 0 Å². The highest BCUT2D eigenvalue weighted by molar-refractivity contribution is 7.72. The highest BCUT2D eigenvalue weighted by Gasteiger charge is 2.03. The molecule has 0 atom stereocenters. The Balaban J connectivity index is 2.58. The first-order valence-electron chi connectivity index (χ1n) is 5.26. The third-order valence-corrected chi connectivity index (χ3v) is 3.29. The highest BCUT2D eigenvalue weighted by atomic mass is 32.1. The molecule has 0 aliphatic rings. The number of rotatable bonds is 0. The summed E-state index contributed by atoms with van der Waals surface area (Å²) in [6.07, 6.45) is 0. The number of aromatic amines is 1. The van der Waals surface area contributed by atoms with E-state index in [2.05, 4.69) is 4.98 Å². The smallest absolute Gasteiger partial charge is 0.0565 e. The zero-order valence-electron chi connectivity index (χ0n) is 9.03. The summed E-state index contributed by atoms with van der Waals surface area (Å²) < 4.78 is 0.786. The van der Waals surface area contributed by atoms with Crippen LogP contribution >= 0.6 is 12.2 Å². The third-order valence-electron chi connectivity index (χ3n) is 2.85.